The van der Waals surface area contributed by atoms with Gasteiger partial charge in [-0.3, -0.25) is 14.1 Å². The van der Waals surface area contributed by atoms with Gasteiger partial charge in [-0.05, 0) is 102 Å². The molecule has 1 aliphatic heterocycles. The normalized spacial score (nSPS) is 18.2. The highest BCUT2D eigenvalue weighted by Gasteiger charge is 2.46. The molecule has 0 aliphatic carbocycles. The molecule has 1 fully saturated rings. The number of carbonyl (C=O) groups excluding carboxylic acids is 2. The number of ether oxygens (including phenoxy) is 2. The van der Waals surface area contributed by atoms with Crippen LogP contribution in [-0.2, 0) is 28.2 Å². The first-order chi connectivity index (χ1) is 26.1. The van der Waals surface area contributed by atoms with Gasteiger partial charge in [-0.15, -0.1) is 0 Å². The predicted molar refractivity (Wildman–Crippen MR) is 214 cm³/mol. The third-order valence-corrected chi connectivity index (χ3v) is 11.7. The number of carbonyl (C=O) groups is 2. The summed E-state index contributed by atoms with van der Waals surface area (Å²) < 4.78 is 42.3. The molecule has 300 valence electrons. The Bertz CT molecular complexity index is 1650. The SMILES string of the molecule is CCC(C)(CC(C/C=C/CCC(C)C(=O)OC1CC(C)(C)N(O)C(C)(C)C1)c1ccccc1)C(=O)OCCOP(=O)(Oc1ccccc1)Oc1ccccc1. The number of hydrogen-bond acceptors (Lipinski definition) is 10. The summed E-state index contributed by atoms with van der Waals surface area (Å²) >= 11 is 0. The summed E-state index contributed by atoms with van der Waals surface area (Å²) in [5.41, 5.74) is -0.659. The van der Waals surface area contributed by atoms with Crippen molar-refractivity contribution in [1.29, 1.82) is 0 Å². The smallest absolute Gasteiger partial charge is 0.463 e. The molecule has 3 atom stereocenters. The lowest BCUT2D eigenvalue weighted by Gasteiger charge is -2.51. The zero-order valence-corrected chi connectivity index (χ0v) is 34.4. The minimum absolute atomic E-state index is 0.0384. The fourth-order valence-electron chi connectivity index (χ4n) is 7.11. The molecule has 11 heteroatoms. The summed E-state index contributed by atoms with van der Waals surface area (Å²) in [6, 6.07) is 27.4. The van der Waals surface area contributed by atoms with Gasteiger partial charge in [0.1, 0.15) is 24.2 Å². The summed E-state index contributed by atoms with van der Waals surface area (Å²) in [6.07, 6.45) is 8.29. The Balaban J connectivity index is 1.30. The lowest BCUT2D eigenvalue weighted by atomic mass is 9.75. The van der Waals surface area contributed by atoms with E-state index in [0.717, 1.165) is 5.56 Å². The fourth-order valence-corrected chi connectivity index (χ4v) is 8.31. The second-order valence-electron chi connectivity index (χ2n) is 16.0. The van der Waals surface area contributed by atoms with Crippen LogP contribution in [0.4, 0.5) is 0 Å². The molecular weight excluding hydrogens is 717 g/mol. The number of benzene rings is 3. The van der Waals surface area contributed by atoms with Gasteiger partial charge in [0.15, 0.2) is 0 Å². The van der Waals surface area contributed by atoms with E-state index in [-0.39, 0.29) is 43.1 Å². The van der Waals surface area contributed by atoms with E-state index in [2.05, 4.69) is 24.3 Å². The second-order valence-corrected chi connectivity index (χ2v) is 17.6. The molecule has 0 aromatic heterocycles. The Morgan fingerprint density at radius 3 is 1.93 bits per heavy atom. The largest absolute Gasteiger partial charge is 0.587 e. The Labute approximate surface area is 327 Å². The number of hydrogen-bond donors (Lipinski definition) is 1. The number of hydroxylamine groups is 2. The molecule has 3 aromatic rings. The van der Waals surface area contributed by atoms with Crippen molar-refractivity contribution in [2.45, 2.75) is 117 Å². The number of nitrogens with zero attached hydrogens (tertiary/aromatic N) is 1. The van der Waals surface area contributed by atoms with Crippen LogP contribution in [0.2, 0.25) is 0 Å². The highest BCUT2D eigenvalue weighted by molar-refractivity contribution is 7.49. The molecule has 4 rings (SSSR count). The van der Waals surface area contributed by atoms with Gasteiger partial charge in [0.05, 0.1) is 17.9 Å². The van der Waals surface area contributed by atoms with E-state index in [9.17, 15) is 19.4 Å². The van der Waals surface area contributed by atoms with Crippen molar-refractivity contribution in [3.8, 4) is 11.5 Å². The summed E-state index contributed by atoms with van der Waals surface area (Å²) in [6.45, 7) is 13.3. The standard InChI is InChI=1S/C44H60NO9P/c1-8-44(7,41(47)50-29-30-51-55(49,53-37-25-17-11-18-26-37)54-38-27-19-12-20-28-38)31-36(35-22-14-10-15-23-35)24-16-9-13-21-34(2)40(46)52-39-32-42(3,4)45(48)43(5,6)33-39/h9-12,14-20,22-23,25-28,34,36,39,48H,8,13,21,24,29-33H2,1-7H3/b16-9+. The van der Waals surface area contributed by atoms with Gasteiger partial charge in [-0.1, -0.05) is 92.7 Å². The summed E-state index contributed by atoms with van der Waals surface area (Å²) in [7, 11) is -4.12. The van der Waals surface area contributed by atoms with Crippen LogP contribution in [0.15, 0.2) is 103 Å². The van der Waals surface area contributed by atoms with Crippen molar-refractivity contribution in [3.63, 3.8) is 0 Å². The van der Waals surface area contributed by atoms with Crippen LogP contribution in [0, 0.1) is 11.3 Å². The van der Waals surface area contributed by atoms with Crippen molar-refractivity contribution in [3.05, 3.63) is 109 Å². The Morgan fingerprint density at radius 1 is 0.873 bits per heavy atom. The Hall–Kier alpha value is -3.95. The highest BCUT2D eigenvalue weighted by atomic mass is 31.2. The summed E-state index contributed by atoms with van der Waals surface area (Å²) in [5, 5.41) is 12.0. The van der Waals surface area contributed by atoms with Crippen molar-refractivity contribution < 1.29 is 42.4 Å². The first kappa shape index (κ1) is 43.8. The second kappa shape index (κ2) is 19.8. The van der Waals surface area contributed by atoms with Crippen molar-refractivity contribution >= 4 is 19.8 Å². The first-order valence-electron chi connectivity index (χ1n) is 19.4. The number of rotatable bonds is 20. The molecular formula is C44H60NO9P. The topological polar surface area (TPSA) is 121 Å². The van der Waals surface area contributed by atoms with E-state index in [4.69, 9.17) is 23.0 Å². The molecule has 0 radical (unpaired) electrons. The predicted octanol–water partition coefficient (Wildman–Crippen LogP) is 10.7. The quantitative estimate of drug-likeness (QED) is 0.0513. The molecule has 3 aromatic carbocycles. The van der Waals surface area contributed by atoms with Crippen LogP contribution < -0.4 is 9.05 Å². The maximum Gasteiger partial charge on any atom is 0.587 e. The minimum atomic E-state index is -4.12. The zero-order valence-electron chi connectivity index (χ0n) is 33.5. The highest BCUT2D eigenvalue weighted by Crippen LogP contribution is 2.49. The van der Waals surface area contributed by atoms with E-state index in [0.29, 0.717) is 56.4 Å². The van der Waals surface area contributed by atoms with Crippen LogP contribution in [-0.4, -0.2) is 52.6 Å². The molecule has 0 saturated carbocycles. The summed E-state index contributed by atoms with van der Waals surface area (Å²) in [4.78, 5) is 26.6. The molecule has 1 saturated heterocycles. The molecule has 1 aliphatic rings. The third-order valence-electron chi connectivity index (χ3n) is 10.4. The maximum atomic E-state index is 13.7. The van der Waals surface area contributed by atoms with Crippen LogP contribution >= 0.6 is 7.82 Å². The van der Waals surface area contributed by atoms with Gasteiger partial charge < -0.3 is 23.7 Å². The number of phosphoric acid groups is 1. The van der Waals surface area contributed by atoms with E-state index in [1.54, 1.807) is 48.5 Å². The number of para-hydroxylation sites is 2. The van der Waals surface area contributed by atoms with Crippen molar-refractivity contribution in [2.75, 3.05) is 13.2 Å². The molecule has 0 spiro atoms. The lowest BCUT2D eigenvalue weighted by molar-refractivity contribution is -0.260. The Kier molecular flexibility index (Phi) is 15.7. The molecule has 1 N–H and O–H groups in total. The van der Waals surface area contributed by atoms with Gasteiger partial charge in [-0.2, -0.15) is 5.06 Å². The maximum absolute atomic E-state index is 13.7. The van der Waals surface area contributed by atoms with Crippen LogP contribution in [0.3, 0.4) is 0 Å². The van der Waals surface area contributed by atoms with Gasteiger partial charge >= 0.3 is 19.8 Å². The van der Waals surface area contributed by atoms with Gasteiger partial charge in [-0.25, -0.2) is 4.57 Å². The molecule has 3 unspecified atom stereocenters. The van der Waals surface area contributed by atoms with E-state index >= 15 is 0 Å². The van der Waals surface area contributed by atoms with E-state index in [1.807, 2.05) is 78.8 Å². The number of esters is 2. The van der Waals surface area contributed by atoms with Gasteiger partial charge in [0.25, 0.3) is 0 Å². The number of piperidine rings is 1. The Morgan fingerprint density at radius 2 is 1.40 bits per heavy atom. The monoisotopic (exact) mass is 777 g/mol. The van der Waals surface area contributed by atoms with Gasteiger partial charge in [0, 0.05) is 23.9 Å². The minimum Gasteiger partial charge on any atom is -0.463 e. The molecule has 1 heterocycles. The van der Waals surface area contributed by atoms with E-state index in [1.165, 1.54) is 5.06 Å². The first-order valence-corrected chi connectivity index (χ1v) is 20.8. The van der Waals surface area contributed by atoms with Crippen molar-refractivity contribution in [1.82, 2.24) is 5.06 Å². The number of allylic oxidation sites excluding steroid dienone is 2. The average molecular weight is 778 g/mol. The fraction of sp³-hybridized carbons (Fsp3) is 0.500. The third kappa shape index (κ3) is 13.1. The molecule has 0 amide bonds. The lowest BCUT2D eigenvalue weighted by Crippen LogP contribution is -2.60. The molecule has 55 heavy (non-hydrogen) atoms. The van der Waals surface area contributed by atoms with Crippen LogP contribution in [0.25, 0.3) is 0 Å². The number of phosphoric ester groups is 1. The van der Waals surface area contributed by atoms with Gasteiger partial charge in [0.2, 0.25) is 0 Å². The van der Waals surface area contributed by atoms with Crippen LogP contribution in [0.1, 0.15) is 105 Å². The summed E-state index contributed by atoms with van der Waals surface area (Å²) in [5.74, 6) is -0.166. The molecule has 0 bridgehead atoms. The van der Waals surface area contributed by atoms with Crippen LogP contribution in [0.5, 0.6) is 11.5 Å². The zero-order chi connectivity index (χ0) is 40.1. The van der Waals surface area contributed by atoms with Crippen molar-refractivity contribution in [2.24, 2.45) is 11.3 Å². The van der Waals surface area contributed by atoms with E-state index < -0.39 is 24.3 Å². The molecule has 10 nitrogen and oxygen atoms in total. The average Bonchev–Trinajstić information content (AvgIpc) is 3.15.